The minimum atomic E-state index is 0.0286. The van der Waals surface area contributed by atoms with Crippen molar-refractivity contribution in [1.82, 2.24) is 0 Å². The van der Waals surface area contributed by atoms with E-state index in [2.05, 4.69) is 71.0 Å². The summed E-state index contributed by atoms with van der Waals surface area (Å²) < 4.78 is 12.6. The van der Waals surface area contributed by atoms with Gasteiger partial charge in [0.1, 0.15) is 23.3 Å². The Morgan fingerprint density at radius 3 is 1.69 bits per heavy atom. The number of nitrogens with zero attached hydrogens (tertiary/aromatic N) is 2. The molecule has 0 radical (unpaired) electrons. The summed E-state index contributed by atoms with van der Waals surface area (Å²) in [6.45, 7) is 15.6. The van der Waals surface area contributed by atoms with E-state index >= 15 is 0 Å². The van der Waals surface area contributed by atoms with E-state index < -0.39 is 0 Å². The summed E-state index contributed by atoms with van der Waals surface area (Å²) in [6, 6.07) is 20.5. The molecule has 0 atom stereocenters. The SMILES string of the molecule is CC(C)COc1c(C#N)c(C#N)c(OCC(C)C)c(Sc2ccccc2N)c1Sc1ccc(C(C)(C)C)cc1. The lowest BCUT2D eigenvalue weighted by atomic mass is 9.87. The van der Waals surface area contributed by atoms with Gasteiger partial charge >= 0.3 is 0 Å². The van der Waals surface area contributed by atoms with E-state index in [0.29, 0.717) is 35.3 Å². The molecule has 7 heteroatoms. The van der Waals surface area contributed by atoms with Crippen LogP contribution in [-0.4, -0.2) is 13.2 Å². The Bertz CT molecular complexity index is 1380. The lowest BCUT2D eigenvalue weighted by molar-refractivity contribution is 0.252. The van der Waals surface area contributed by atoms with Gasteiger partial charge in [-0.1, -0.05) is 96.3 Å². The minimum absolute atomic E-state index is 0.0286. The van der Waals surface area contributed by atoms with Gasteiger partial charge in [0.2, 0.25) is 0 Å². The van der Waals surface area contributed by atoms with Crippen LogP contribution in [0.3, 0.4) is 0 Å². The zero-order valence-corrected chi connectivity index (χ0v) is 25.4. The molecule has 0 aromatic heterocycles. The molecule has 0 bridgehead atoms. The van der Waals surface area contributed by atoms with Crippen LogP contribution >= 0.6 is 23.5 Å². The fourth-order valence-corrected chi connectivity index (χ4v) is 5.85. The van der Waals surface area contributed by atoms with Gasteiger partial charge < -0.3 is 15.2 Å². The van der Waals surface area contributed by atoms with Crippen molar-refractivity contribution in [1.29, 1.82) is 10.5 Å². The molecule has 204 valence electrons. The molecule has 2 N–H and O–H groups in total. The minimum Gasteiger partial charge on any atom is -0.491 e. The number of rotatable bonds is 10. The van der Waals surface area contributed by atoms with E-state index in [1.165, 1.54) is 29.1 Å². The number of nitrogen functional groups attached to an aromatic ring is 1. The zero-order valence-electron chi connectivity index (χ0n) is 23.8. The number of ether oxygens (including phenoxy) is 2. The molecule has 0 saturated carbocycles. The van der Waals surface area contributed by atoms with E-state index in [-0.39, 0.29) is 28.4 Å². The molecule has 0 aliphatic rings. The molecule has 0 aliphatic heterocycles. The standard InChI is InChI=1S/C32H37N3O2S2/c1-20(2)18-36-28-24(16-33)25(17-34)29(37-19-21(3)4)31(39-27-11-9-8-10-26(27)35)30(28)38-23-14-12-22(13-15-23)32(5,6)7/h8-15,20-21H,18-19,35H2,1-7H3. The molecular formula is C32H37N3O2S2. The first-order valence-electron chi connectivity index (χ1n) is 13.1. The van der Waals surface area contributed by atoms with Gasteiger partial charge in [-0.2, -0.15) is 10.5 Å². The molecule has 3 aromatic carbocycles. The average molecular weight is 560 g/mol. The van der Waals surface area contributed by atoms with E-state index in [9.17, 15) is 10.5 Å². The molecule has 0 amide bonds. The highest BCUT2D eigenvalue weighted by molar-refractivity contribution is 8.02. The van der Waals surface area contributed by atoms with Crippen LogP contribution in [0.1, 0.15) is 65.2 Å². The zero-order chi connectivity index (χ0) is 28.7. The van der Waals surface area contributed by atoms with Crippen LogP contribution in [0.25, 0.3) is 0 Å². The maximum Gasteiger partial charge on any atom is 0.153 e. The van der Waals surface area contributed by atoms with Crippen LogP contribution in [-0.2, 0) is 5.41 Å². The molecule has 5 nitrogen and oxygen atoms in total. The van der Waals surface area contributed by atoms with Crippen molar-refractivity contribution in [3.63, 3.8) is 0 Å². The first-order valence-corrected chi connectivity index (χ1v) is 14.7. The number of para-hydroxylation sites is 1. The Balaban J connectivity index is 2.32. The Kier molecular flexibility index (Phi) is 10.2. The number of nitriles is 2. The van der Waals surface area contributed by atoms with Gasteiger partial charge in [0.25, 0.3) is 0 Å². The molecule has 0 spiro atoms. The predicted octanol–water partition coefficient (Wildman–Crippen LogP) is 8.68. The summed E-state index contributed by atoms with van der Waals surface area (Å²) in [6.07, 6.45) is 0. The molecule has 0 saturated heterocycles. The molecule has 0 unspecified atom stereocenters. The number of nitrogens with two attached hydrogens (primary N) is 1. The number of anilines is 1. The Morgan fingerprint density at radius 1 is 0.769 bits per heavy atom. The molecule has 0 heterocycles. The number of benzene rings is 3. The first kappa shape index (κ1) is 30.3. The van der Waals surface area contributed by atoms with Crippen molar-refractivity contribution in [3.8, 4) is 23.6 Å². The maximum absolute atomic E-state index is 10.3. The summed E-state index contributed by atoms with van der Waals surface area (Å²) in [7, 11) is 0. The fraction of sp³-hybridized carbons (Fsp3) is 0.375. The quantitative estimate of drug-likeness (QED) is 0.248. The number of hydrogen-bond donors (Lipinski definition) is 1. The van der Waals surface area contributed by atoms with Crippen molar-refractivity contribution < 1.29 is 9.47 Å². The Hall–Kier alpha value is -3.26. The van der Waals surface area contributed by atoms with Gasteiger partial charge in [-0.25, -0.2) is 0 Å². The second kappa shape index (κ2) is 13.2. The largest absolute Gasteiger partial charge is 0.491 e. The van der Waals surface area contributed by atoms with Crippen LogP contribution in [0.5, 0.6) is 11.5 Å². The highest BCUT2D eigenvalue weighted by Gasteiger charge is 2.29. The summed E-state index contributed by atoms with van der Waals surface area (Å²) in [4.78, 5) is 3.28. The lowest BCUT2D eigenvalue weighted by Crippen LogP contribution is -2.12. The Labute approximate surface area is 241 Å². The Morgan fingerprint density at radius 2 is 1.26 bits per heavy atom. The van der Waals surface area contributed by atoms with E-state index in [0.717, 1.165) is 14.7 Å². The molecule has 39 heavy (non-hydrogen) atoms. The van der Waals surface area contributed by atoms with Crippen LogP contribution in [0, 0.1) is 34.5 Å². The topological polar surface area (TPSA) is 92.1 Å². The van der Waals surface area contributed by atoms with Crippen molar-refractivity contribution in [2.24, 2.45) is 11.8 Å². The summed E-state index contributed by atoms with van der Waals surface area (Å²) >= 11 is 2.94. The van der Waals surface area contributed by atoms with E-state index in [1.54, 1.807) is 0 Å². The van der Waals surface area contributed by atoms with Crippen molar-refractivity contribution in [3.05, 3.63) is 65.2 Å². The van der Waals surface area contributed by atoms with Crippen LogP contribution in [0.15, 0.2) is 68.1 Å². The second-order valence-electron chi connectivity index (χ2n) is 11.2. The molecular weight excluding hydrogens is 523 g/mol. The highest BCUT2D eigenvalue weighted by atomic mass is 32.2. The van der Waals surface area contributed by atoms with Gasteiger partial charge in [-0.05, 0) is 47.1 Å². The van der Waals surface area contributed by atoms with Crippen molar-refractivity contribution >= 4 is 29.2 Å². The fourth-order valence-electron chi connectivity index (χ4n) is 3.66. The molecule has 0 aliphatic carbocycles. The van der Waals surface area contributed by atoms with Crippen molar-refractivity contribution in [2.75, 3.05) is 18.9 Å². The molecule has 3 aromatic rings. The van der Waals surface area contributed by atoms with Crippen LogP contribution in [0.2, 0.25) is 0 Å². The normalized spacial score (nSPS) is 11.4. The maximum atomic E-state index is 10.3. The van der Waals surface area contributed by atoms with E-state index in [4.69, 9.17) is 15.2 Å². The van der Waals surface area contributed by atoms with Crippen LogP contribution < -0.4 is 15.2 Å². The summed E-state index contributed by atoms with van der Waals surface area (Å²) in [5, 5.41) is 20.5. The number of hydrogen-bond acceptors (Lipinski definition) is 7. The third kappa shape index (κ3) is 7.66. The molecule has 3 rings (SSSR count). The molecule has 0 fully saturated rings. The van der Waals surface area contributed by atoms with Crippen molar-refractivity contribution in [2.45, 2.75) is 73.5 Å². The third-order valence-electron chi connectivity index (χ3n) is 5.74. The van der Waals surface area contributed by atoms with Gasteiger partial charge in [-0.3, -0.25) is 0 Å². The first-order chi connectivity index (χ1) is 18.5. The van der Waals surface area contributed by atoms with Gasteiger partial charge in [0.15, 0.2) is 11.5 Å². The van der Waals surface area contributed by atoms with Gasteiger partial charge in [0.05, 0.1) is 23.0 Å². The smallest absolute Gasteiger partial charge is 0.153 e. The van der Waals surface area contributed by atoms with Gasteiger partial charge in [-0.15, -0.1) is 0 Å². The van der Waals surface area contributed by atoms with Crippen LogP contribution in [0.4, 0.5) is 5.69 Å². The third-order valence-corrected chi connectivity index (χ3v) is 8.16. The summed E-state index contributed by atoms with van der Waals surface area (Å²) in [5.41, 5.74) is 8.60. The summed E-state index contributed by atoms with van der Waals surface area (Å²) in [5.74, 6) is 1.24. The second-order valence-corrected chi connectivity index (χ2v) is 13.4. The average Bonchev–Trinajstić information content (AvgIpc) is 2.88. The monoisotopic (exact) mass is 559 g/mol. The van der Waals surface area contributed by atoms with Gasteiger partial charge in [0, 0.05) is 15.5 Å². The highest BCUT2D eigenvalue weighted by Crippen LogP contribution is 2.53. The predicted molar refractivity (Wildman–Crippen MR) is 161 cm³/mol. The lowest BCUT2D eigenvalue weighted by Gasteiger charge is -2.23. The van der Waals surface area contributed by atoms with E-state index in [1.807, 2.05) is 38.1 Å².